The van der Waals surface area contributed by atoms with Gasteiger partial charge < -0.3 is 4.74 Å². The molecule has 0 bridgehead atoms. The zero-order valence-corrected chi connectivity index (χ0v) is 26.7. The van der Waals surface area contributed by atoms with Crippen LogP contribution in [0.15, 0.2) is 65.8 Å². The molecule has 6 nitrogen and oxygen atoms in total. The van der Waals surface area contributed by atoms with Gasteiger partial charge in [-0.1, -0.05) is 88.8 Å². The van der Waals surface area contributed by atoms with Gasteiger partial charge in [0, 0.05) is 23.4 Å². The Bertz CT molecular complexity index is 1610. The molecule has 2 saturated carbocycles. The number of aryl methyl sites for hydroxylation is 1. The van der Waals surface area contributed by atoms with E-state index < -0.39 is 0 Å². The van der Waals surface area contributed by atoms with Gasteiger partial charge in [-0.25, -0.2) is 4.52 Å². The van der Waals surface area contributed by atoms with Gasteiger partial charge in [0.2, 0.25) is 5.78 Å². The lowest BCUT2D eigenvalue weighted by Crippen LogP contribution is -2.35. The van der Waals surface area contributed by atoms with Crippen molar-refractivity contribution in [3.63, 3.8) is 0 Å². The van der Waals surface area contributed by atoms with Crippen LogP contribution in [0, 0.1) is 16.7 Å². The molecule has 2 atom stereocenters. The Labute approximate surface area is 256 Å². The molecule has 228 valence electrons. The van der Waals surface area contributed by atoms with Gasteiger partial charge in [0.05, 0.1) is 18.4 Å². The van der Waals surface area contributed by atoms with Crippen LogP contribution in [0.1, 0.15) is 108 Å². The fraction of sp³-hybridized carbons (Fsp3) is 0.541. The highest BCUT2D eigenvalue weighted by molar-refractivity contribution is 5.79. The average molecular weight is 581 g/mol. The molecule has 2 heterocycles. The van der Waals surface area contributed by atoms with E-state index >= 15 is 0 Å². The number of ether oxygens (including phenoxy) is 1. The smallest absolute Gasteiger partial charge is 0.259 e. The minimum Gasteiger partial charge on any atom is -0.378 e. The number of nitrogens with zero attached hydrogens (tertiary/aromatic N) is 4. The van der Waals surface area contributed by atoms with Crippen LogP contribution in [0.5, 0.6) is 0 Å². The summed E-state index contributed by atoms with van der Waals surface area (Å²) in [5, 5.41) is 4.63. The summed E-state index contributed by atoms with van der Waals surface area (Å²) in [5.41, 5.74) is 7.21. The van der Waals surface area contributed by atoms with E-state index in [4.69, 9.17) is 4.74 Å². The summed E-state index contributed by atoms with van der Waals surface area (Å²) >= 11 is 0. The largest absolute Gasteiger partial charge is 0.378 e. The summed E-state index contributed by atoms with van der Waals surface area (Å²) in [6, 6.07) is 8.96. The highest BCUT2D eigenvalue weighted by Gasteiger charge is 2.56. The Balaban J connectivity index is 1.27. The van der Waals surface area contributed by atoms with Gasteiger partial charge in [0.25, 0.3) is 5.56 Å². The summed E-state index contributed by atoms with van der Waals surface area (Å²) in [6.07, 6.45) is 16.9. The third kappa shape index (κ3) is 5.48. The van der Waals surface area contributed by atoms with Crippen LogP contribution < -0.4 is 5.56 Å². The van der Waals surface area contributed by atoms with Crippen molar-refractivity contribution in [3.05, 3.63) is 93.7 Å². The molecule has 0 amide bonds. The fourth-order valence-corrected chi connectivity index (χ4v) is 7.34. The van der Waals surface area contributed by atoms with Crippen LogP contribution in [0.2, 0.25) is 0 Å². The van der Waals surface area contributed by atoms with E-state index in [1.54, 1.807) is 6.33 Å². The molecular weight excluding hydrogens is 532 g/mol. The van der Waals surface area contributed by atoms with Gasteiger partial charge in [-0.3, -0.25) is 9.36 Å². The Morgan fingerprint density at radius 2 is 1.88 bits per heavy atom. The van der Waals surface area contributed by atoms with Crippen LogP contribution in [0.4, 0.5) is 0 Å². The Morgan fingerprint density at radius 1 is 1.14 bits per heavy atom. The highest BCUT2D eigenvalue weighted by Crippen LogP contribution is 2.66. The average Bonchev–Trinajstić information content (AvgIpc) is 3.60. The lowest BCUT2D eigenvalue weighted by atomic mass is 9.80. The molecule has 43 heavy (non-hydrogen) atoms. The normalized spacial score (nSPS) is 25.0. The number of hydrogen-bond acceptors (Lipinski definition) is 4. The quantitative estimate of drug-likeness (QED) is 0.216. The van der Waals surface area contributed by atoms with Crippen LogP contribution in [-0.4, -0.2) is 31.9 Å². The molecule has 3 aliphatic rings. The van der Waals surface area contributed by atoms with E-state index in [2.05, 4.69) is 93.8 Å². The molecule has 0 saturated heterocycles. The summed E-state index contributed by atoms with van der Waals surface area (Å²) in [7, 11) is 0. The van der Waals surface area contributed by atoms with Crippen molar-refractivity contribution in [2.45, 2.75) is 105 Å². The zero-order chi connectivity index (χ0) is 30.4. The first kappa shape index (κ1) is 29.8. The van der Waals surface area contributed by atoms with Crippen molar-refractivity contribution < 1.29 is 4.74 Å². The van der Waals surface area contributed by atoms with E-state index in [1.807, 2.05) is 9.08 Å². The summed E-state index contributed by atoms with van der Waals surface area (Å²) < 4.78 is 10.2. The molecule has 1 aromatic carbocycles. The molecule has 0 N–H and O–H groups in total. The van der Waals surface area contributed by atoms with E-state index in [0.717, 1.165) is 74.8 Å². The number of hydrogen-bond donors (Lipinski definition) is 0. The SMILES string of the molecule is C=C(C)C12CC1C=CC=C2c1ccc(Cc2c(CCC)n3ncnc3n(C3CCC(OCC(C)(C)CC)CC3)c2=O)cc1. The van der Waals surface area contributed by atoms with Gasteiger partial charge in [-0.05, 0) is 79.9 Å². The Hall–Kier alpha value is -3.25. The second kappa shape index (κ2) is 11.7. The number of aromatic nitrogens is 4. The first-order valence-corrected chi connectivity index (χ1v) is 16.4. The second-order valence-electron chi connectivity index (χ2n) is 14.0. The van der Waals surface area contributed by atoms with Crippen LogP contribution in [0.3, 0.4) is 0 Å². The van der Waals surface area contributed by atoms with Crippen molar-refractivity contribution in [1.29, 1.82) is 0 Å². The first-order valence-electron chi connectivity index (χ1n) is 16.4. The monoisotopic (exact) mass is 580 g/mol. The molecule has 6 rings (SSSR count). The van der Waals surface area contributed by atoms with Crippen molar-refractivity contribution in [3.8, 4) is 0 Å². The van der Waals surface area contributed by atoms with E-state index in [0.29, 0.717) is 18.1 Å². The minimum absolute atomic E-state index is 0.0895. The maximum atomic E-state index is 14.4. The topological polar surface area (TPSA) is 61.4 Å². The standard InChI is InChI=1S/C37H48N4O2/c1-7-10-33-31(21-26-13-15-27(16-14-26)32-12-9-11-28-22-37(28,32)25(3)4)34(42)40(35-38-24-39-41(33)35)29-17-19-30(20-18-29)43-23-36(5,6)8-2/h9,11-16,24,28-30H,3,7-8,10,17-23H2,1-2,4-6H3. The predicted octanol–water partition coefficient (Wildman–Crippen LogP) is 7.91. The number of allylic oxidation sites excluding steroid dienone is 5. The maximum absolute atomic E-state index is 14.4. The summed E-state index contributed by atoms with van der Waals surface area (Å²) in [6.45, 7) is 16.2. The fourth-order valence-electron chi connectivity index (χ4n) is 7.34. The second-order valence-corrected chi connectivity index (χ2v) is 14.0. The molecule has 2 aromatic heterocycles. The summed E-state index contributed by atoms with van der Waals surface area (Å²) in [5.74, 6) is 1.24. The van der Waals surface area contributed by atoms with E-state index in [1.165, 1.54) is 16.7 Å². The molecule has 6 heteroatoms. The lowest BCUT2D eigenvalue weighted by Gasteiger charge is -2.32. The molecule has 2 fully saturated rings. The van der Waals surface area contributed by atoms with Crippen molar-refractivity contribution >= 4 is 11.4 Å². The third-order valence-electron chi connectivity index (χ3n) is 10.5. The first-order chi connectivity index (χ1) is 20.7. The third-order valence-corrected chi connectivity index (χ3v) is 10.5. The summed E-state index contributed by atoms with van der Waals surface area (Å²) in [4.78, 5) is 19.0. The van der Waals surface area contributed by atoms with Gasteiger partial charge in [-0.2, -0.15) is 10.1 Å². The number of fused-ring (bicyclic) bond motifs is 2. The van der Waals surface area contributed by atoms with E-state index in [9.17, 15) is 4.79 Å². The van der Waals surface area contributed by atoms with Gasteiger partial charge in [0.15, 0.2) is 0 Å². The predicted molar refractivity (Wildman–Crippen MR) is 174 cm³/mol. The minimum atomic E-state index is 0.0895. The Morgan fingerprint density at radius 3 is 2.56 bits per heavy atom. The zero-order valence-electron chi connectivity index (χ0n) is 26.7. The Kier molecular flexibility index (Phi) is 8.10. The molecule has 3 aliphatic carbocycles. The van der Waals surface area contributed by atoms with Gasteiger partial charge in [0.1, 0.15) is 6.33 Å². The molecular formula is C37H48N4O2. The number of rotatable bonds is 11. The molecule has 2 unspecified atom stereocenters. The molecule has 3 aromatic rings. The van der Waals surface area contributed by atoms with Crippen molar-refractivity contribution in [2.24, 2.45) is 16.7 Å². The van der Waals surface area contributed by atoms with Gasteiger partial charge >= 0.3 is 0 Å². The van der Waals surface area contributed by atoms with Crippen molar-refractivity contribution in [2.75, 3.05) is 6.61 Å². The lowest BCUT2D eigenvalue weighted by molar-refractivity contribution is -0.0217. The van der Waals surface area contributed by atoms with Crippen LogP contribution >= 0.6 is 0 Å². The highest BCUT2D eigenvalue weighted by atomic mass is 16.5. The van der Waals surface area contributed by atoms with E-state index in [-0.39, 0.29) is 28.5 Å². The molecule has 0 spiro atoms. The van der Waals surface area contributed by atoms with Gasteiger partial charge in [-0.15, -0.1) is 0 Å². The molecule has 0 aliphatic heterocycles. The maximum Gasteiger partial charge on any atom is 0.259 e. The van der Waals surface area contributed by atoms with Crippen LogP contribution in [0.25, 0.3) is 11.4 Å². The van der Waals surface area contributed by atoms with Crippen molar-refractivity contribution in [1.82, 2.24) is 19.2 Å². The number of benzene rings is 1. The molecule has 0 radical (unpaired) electrons. The van der Waals surface area contributed by atoms with Crippen LogP contribution in [-0.2, 0) is 17.6 Å².